The summed E-state index contributed by atoms with van der Waals surface area (Å²) in [6.07, 6.45) is 0. The van der Waals surface area contributed by atoms with Gasteiger partial charge < -0.3 is 4.74 Å². The van der Waals surface area contributed by atoms with E-state index in [2.05, 4.69) is 4.72 Å². The van der Waals surface area contributed by atoms with Crippen molar-refractivity contribution in [2.45, 2.75) is 18.3 Å². The normalized spacial score (nSPS) is 14.4. The van der Waals surface area contributed by atoms with Gasteiger partial charge in [-0.1, -0.05) is 48.5 Å². The number of sulfonamides is 1. The molecule has 0 fully saturated rings. The van der Waals surface area contributed by atoms with Gasteiger partial charge in [0, 0.05) is 19.2 Å². The third-order valence-corrected chi connectivity index (χ3v) is 5.02. The summed E-state index contributed by atoms with van der Waals surface area (Å²) in [5, 5.41) is 0. The van der Waals surface area contributed by atoms with Crippen molar-refractivity contribution in [1.29, 1.82) is 0 Å². The molecular weight excluding hydrogens is 317 g/mol. The number of hydrogen-bond donors (Lipinski definition) is 1. The van der Waals surface area contributed by atoms with Crippen LogP contribution < -0.4 is 4.72 Å². The summed E-state index contributed by atoms with van der Waals surface area (Å²) in [5.41, 5.74) is -0.0929. The summed E-state index contributed by atoms with van der Waals surface area (Å²) in [6.45, 7) is 1.59. The highest BCUT2D eigenvalue weighted by atomic mass is 32.2. The Morgan fingerprint density at radius 1 is 1.09 bits per heavy atom. The van der Waals surface area contributed by atoms with Crippen molar-refractivity contribution in [2.75, 3.05) is 13.7 Å². The number of ether oxygens (including phenoxy) is 1. The maximum atomic E-state index is 14.0. The molecule has 0 unspecified atom stereocenters. The van der Waals surface area contributed by atoms with E-state index in [4.69, 9.17) is 4.74 Å². The number of hydrogen-bond acceptors (Lipinski definition) is 3. The molecule has 124 valence electrons. The largest absolute Gasteiger partial charge is 0.372 e. The van der Waals surface area contributed by atoms with E-state index in [0.29, 0.717) is 11.1 Å². The van der Waals surface area contributed by atoms with Gasteiger partial charge in [0.25, 0.3) is 0 Å². The molecule has 0 aliphatic carbocycles. The Bertz CT molecular complexity index is 749. The molecule has 2 aromatic carbocycles. The minimum absolute atomic E-state index is 0.0560. The number of halogens is 1. The molecule has 0 heterocycles. The number of rotatable bonds is 7. The summed E-state index contributed by atoms with van der Waals surface area (Å²) in [4.78, 5) is 0. The fraction of sp³-hybridized carbons (Fsp3) is 0.294. The van der Waals surface area contributed by atoms with E-state index in [1.807, 2.05) is 6.07 Å². The molecule has 1 atom stereocenters. The van der Waals surface area contributed by atoms with Crippen LogP contribution in [-0.4, -0.2) is 22.1 Å². The van der Waals surface area contributed by atoms with Gasteiger partial charge in [-0.2, -0.15) is 0 Å². The molecule has 0 bridgehead atoms. The van der Waals surface area contributed by atoms with Gasteiger partial charge >= 0.3 is 0 Å². The Hall–Kier alpha value is -1.76. The van der Waals surface area contributed by atoms with Gasteiger partial charge in [0.15, 0.2) is 0 Å². The summed E-state index contributed by atoms with van der Waals surface area (Å²) in [6, 6.07) is 15.0. The monoisotopic (exact) mass is 337 g/mol. The number of benzene rings is 2. The predicted octanol–water partition coefficient (Wildman–Crippen LogP) is 2.81. The minimum Gasteiger partial charge on any atom is -0.372 e. The van der Waals surface area contributed by atoms with Crippen LogP contribution in [0.4, 0.5) is 4.39 Å². The zero-order valence-electron chi connectivity index (χ0n) is 13.1. The van der Waals surface area contributed by atoms with E-state index < -0.39 is 21.4 Å². The van der Waals surface area contributed by atoms with E-state index >= 15 is 0 Å². The lowest BCUT2D eigenvalue weighted by Crippen LogP contribution is -2.41. The van der Waals surface area contributed by atoms with E-state index in [1.165, 1.54) is 13.2 Å². The second-order valence-electron chi connectivity index (χ2n) is 5.48. The quantitative estimate of drug-likeness (QED) is 0.845. The molecule has 1 N–H and O–H groups in total. The van der Waals surface area contributed by atoms with Gasteiger partial charge in [-0.25, -0.2) is 17.5 Å². The highest BCUT2D eigenvalue weighted by molar-refractivity contribution is 7.88. The fourth-order valence-corrected chi connectivity index (χ4v) is 3.49. The van der Waals surface area contributed by atoms with Crippen molar-refractivity contribution in [3.63, 3.8) is 0 Å². The molecule has 0 spiro atoms. The lowest BCUT2D eigenvalue weighted by Gasteiger charge is -2.29. The van der Waals surface area contributed by atoms with Crippen molar-refractivity contribution in [3.05, 3.63) is 71.5 Å². The van der Waals surface area contributed by atoms with Gasteiger partial charge in [-0.15, -0.1) is 0 Å². The molecule has 0 aromatic heterocycles. The third-order valence-electron chi connectivity index (χ3n) is 3.72. The molecule has 2 rings (SSSR count). The van der Waals surface area contributed by atoms with Crippen LogP contribution in [0.3, 0.4) is 0 Å². The Labute approximate surface area is 136 Å². The first-order chi connectivity index (χ1) is 10.9. The molecule has 0 radical (unpaired) electrons. The predicted molar refractivity (Wildman–Crippen MR) is 87.8 cm³/mol. The Morgan fingerprint density at radius 3 is 2.30 bits per heavy atom. The SMILES string of the molecule is CO[C@](C)(CNS(=O)(=O)Cc1ccccc1)c1ccccc1F. The molecule has 4 nitrogen and oxygen atoms in total. The number of nitrogens with one attached hydrogen (secondary N) is 1. The smallest absolute Gasteiger partial charge is 0.215 e. The summed E-state index contributed by atoms with van der Waals surface area (Å²) < 4.78 is 46.3. The van der Waals surface area contributed by atoms with Gasteiger partial charge in [0.2, 0.25) is 10.0 Å². The van der Waals surface area contributed by atoms with E-state index in [9.17, 15) is 12.8 Å². The molecule has 0 amide bonds. The van der Waals surface area contributed by atoms with E-state index in [0.717, 1.165) is 0 Å². The van der Waals surface area contributed by atoms with Crippen LogP contribution in [0.1, 0.15) is 18.1 Å². The molecule has 0 saturated carbocycles. The first-order valence-corrected chi connectivity index (χ1v) is 8.83. The standard InChI is InChI=1S/C17H20FNO3S/c1-17(22-2,15-10-6-7-11-16(15)18)13-19-23(20,21)12-14-8-4-3-5-9-14/h3-11,19H,12-13H2,1-2H3/t17-/m1/s1. The molecule has 0 saturated heterocycles. The molecule has 0 aliphatic heterocycles. The maximum absolute atomic E-state index is 14.0. The Balaban J connectivity index is 2.12. The van der Waals surface area contributed by atoms with E-state index in [1.54, 1.807) is 49.4 Å². The van der Waals surface area contributed by atoms with Crippen LogP contribution >= 0.6 is 0 Å². The third kappa shape index (κ3) is 4.60. The van der Waals surface area contributed by atoms with Crippen LogP contribution in [0.25, 0.3) is 0 Å². The summed E-state index contributed by atoms with van der Waals surface area (Å²) >= 11 is 0. The van der Waals surface area contributed by atoms with Crippen LogP contribution in [0.5, 0.6) is 0 Å². The van der Waals surface area contributed by atoms with Crippen LogP contribution in [0.15, 0.2) is 54.6 Å². The first-order valence-electron chi connectivity index (χ1n) is 7.18. The molecule has 6 heteroatoms. The van der Waals surface area contributed by atoms with Gasteiger partial charge in [-0.05, 0) is 18.6 Å². The lowest BCUT2D eigenvalue weighted by molar-refractivity contribution is 0.00409. The molecule has 2 aromatic rings. The van der Waals surface area contributed by atoms with Crippen molar-refractivity contribution < 1.29 is 17.5 Å². The highest BCUT2D eigenvalue weighted by Crippen LogP contribution is 2.26. The van der Waals surface area contributed by atoms with Gasteiger partial charge in [-0.3, -0.25) is 0 Å². The first kappa shape index (κ1) is 17.6. The van der Waals surface area contributed by atoms with Crippen molar-refractivity contribution >= 4 is 10.0 Å². The molecular formula is C17H20FNO3S. The maximum Gasteiger partial charge on any atom is 0.215 e. The number of methoxy groups -OCH3 is 1. The van der Waals surface area contributed by atoms with Crippen molar-refractivity contribution in [1.82, 2.24) is 4.72 Å². The van der Waals surface area contributed by atoms with Crippen molar-refractivity contribution in [2.24, 2.45) is 0 Å². The summed E-state index contributed by atoms with van der Waals surface area (Å²) in [7, 11) is -2.12. The zero-order chi connectivity index (χ0) is 16.9. The van der Waals surface area contributed by atoms with Crippen LogP contribution in [0.2, 0.25) is 0 Å². The topological polar surface area (TPSA) is 55.4 Å². The van der Waals surface area contributed by atoms with Crippen LogP contribution in [-0.2, 0) is 26.1 Å². The van der Waals surface area contributed by atoms with Crippen molar-refractivity contribution in [3.8, 4) is 0 Å². The second kappa shape index (κ2) is 7.21. The average Bonchev–Trinajstić information content (AvgIpc) is 2.54. The second-order valence-corrected chi connectivity index (χ2v) is 7.29. The highest BCUT2D eigenvalue weighted by Gasteiger charge is 2.30. The summed E-state index contributed by atoms with van der Waals surface area (Å²) in [5.74, 6) is -0.565. The Morgan fingerprint density at radius 2 is 1.70 bits per heavy atom. The van der Waals surface area contributed by atoms with Crippen LogP contribution in [0, 0.1) is 5.82 Å². The molecule has 0 aliphatic rings. The fourth-order valence-electron chi connectivity index (χ4n) is 2.26. The minimum atomic E-state index is -3.55. The lowest BCUT2D eigenvalue weighted by atomic mass is 9.95. The Kier molecular flexibility index (Phi) is 5.51. The molecule has 23 heavy (non-hydrogen) atoms. The van der Waals surface area contributed by atoms with Gasteiger partial charge in [0.05, 0.1) is 5.75 Å². The zero-order valence-corrected chi connectivity index (χ0v) is 13.9. The van der Waals surface area contributed by atoms with E-state index in [-0.39, 0.29) is 12.3 Å². The average molecular weight is 337 g/mol. The van der Waals surface area contributed by atoms with Gasteiger partial charge in [0.1, 0.15) is 11.4 Å².